The van der Waals surface area contributed by atoms with Crippen LogP contribution in [0, 0.1) is 10.1 Å². The number of amides is 2. The number of alkyl halides is 2. The summed E-state index contributed by atoms with van der Waals surface area (Å²) in [5.74, 6) is -0.893. The van der Waals surface area contributed by atoms with Crippen molar-refractivity contribution in [2.24, 2.45) is 4.99 Å². The van der Waals surface area contributed by atoms with Crippen LogP contribution in [-0.4, -0.2) is 43.7 Å². The third kappa shape index (κ3) is 6.85. The molecule has 190 valence electrons. The van der Waals surface area contributed by atoms with E-state index in [2.05, 4.69) is 20.0 Å². The van der Waals surface area contributed by atoms with Crippen molar-refractivity contribution in [1.29, 1.82) is 0 Å². The number of aliphatic imine (C=N–C) groups is 1. The molecule has 2 heterocycles. The topological polar surface area (TPSA) is 127 Å². The Labute approximate surface area is 213 Å². The minimum absolute atomic E-state index is 0.0323. The molecule has 4 rings (SSSR count). The summed E-state index contributed by atoms with van der Waals surface area (Å²) in [6.45, 7) is -2.84. The van der Waals surface area contributed by atoms with E-state index in [0.717, 1.165) is 11.8 Å². The number of non-ortho nitro benzene ring substituents is 1. The number of benzene rings is 2. The molecule has 0 aliphatic carbocycles. The Balaban J connectivity index is 1.52. The van der Waals surface area contributed by atoms with Crippen LogP contribution in [0.5, 0.6) is 5.75 Å². The smallest absolute Gasteiger partial charge is 0.387 e. The van der Waals surface area contributed by atoms with Gasteiger partial charge < -0.3 is 10.1 Å². The van der Waals surface area contributed by atoms with Gasteiger partial charge in [0.25, 0.3) is 5.69 Å². The molecule has 13 heteroatoms. The second-order valence-corrected chi connectivity index (χ2v) is 8.85. The average molecular weight is 528 g/mol. The lowest BCUT2D eigenvalue weighted by Crippen LogP contribution is -2.33. The first-order valence-electron chi connectivity index (χ1n) is 10.8. The largest absolute Gasteiger partial charge is 0.435 e. The second kappa shape index (κ2) is 11.6. The fourth-order valence-electron chi connectivity index (χ4n) is 3.41. The van der Waals surface area contributed by atoms with Gasteiger partial charge in [-0.2, -0.15) is 8.78 Å². The molecule has 0 bridgehead atoms. The highest BCUT2D eigenvalue weighted by atomic mass is 32.2. The van der Waals surface area contributed by atoms with Crippen LogP contribution in [-0.2, 0) is 16.1 Å². The number of amidine groups is 1. The third-order valence-corrected chi connectivity index (χ3v) is 6.24. The molecule has 1 aromatic heterocycles. The predicted octanol–water partition coefficient (Wildman–Crippen LogP) is 4.75. The Bertz CT molecular complexity index is 1320. The molecule has 1 saturated heterocycles. The van der Waals surface area contributed by atoms with Crippen molar-refractivity contribution in [3.8, 4) is 5.75 Å². The normalized spacial score (nSPS) is 16.3. The lowest BCUT2D eigenvalue weighted by Gasteiger charge is -2.16. The fraction of sp³-hybridized carbons (Fsp3) is 0.167. The fourth-order valence-corrected chi connectivity index (χ4v) is 4.57. The summed E-state index contributed by atoms with van der Waals surface area (Å²) in [4.78, 5) is 46.4. The van der Waals surface area contributed by atoms with Crippen molar-refractivity contribution >= 4 is 45.8 Å². The van der Waals surface area contributed by atoms with Crippen molar-refractivity contribution in [3.63, 3.8) is 0 Å². The van der Waals surface area contributed by atoms with Gasteiger partial charge in [-0.1, -0.05) is 23.9 Å². The number of anilines is 1. The summed E-state index contributed by atoms with van der Waals surface area (Å²) in [7, 11) is 0. The molecule has 1 aliphatic rings. The number of carbonyl (C=O) groups is 2. The van der Waals surface area contributed by atoms with Crippen LogP contribution >= 0.6 is 11.8 Å². The molecule has 2 aromatic carbocycles. The maximum atomic E-state index is 13.2. The van der Waals surface area contributed by atoms with Gasteiger partial charge in [-0.05, 0) is 42.5 Å². The molecule has 1 fully saturated rings. The summed E-state index contributed by atoms with van der Waals surface area (Å²) in [6, 6.07) is 16.3. The monoisotopic (exact) mass is 527 g/mol. The van der Waals surface area contributed by atoms with Crippen LogP contribution in [0.25, 0.3) is 0 Å². The van der Waals surface area contributed by atoms with Crippen LogP contribution in [0.1, 0.15) is 12.1 Å². The SMILES string of the molecule is O=C(C[C@H]1SC(=Nc2ccc(OC(F)F)cc2)N(Cc2ccccn2)C1=O)Nc1cccc([N+](=O)[O-])c1. The van der Waals surface area contributed by atoms with Crippen LogP contribution in [0.15, 0.2) is 77.9 Å². The maximum Gasteiger partial charge on any atom is 0.387 e. The summed E-state index contributed by atoms with van der Waals surface area (Å²) in [5.41, 5.74) is 1.06. The maximum absolute atomic E-state index is 13.2. The van der Waals surface area contributed by atoms with Crippen molar-refractivity contribution in [1.82, 2.24) is 9.88 Å². The standard InChI is InChI=1S/C24H19F2N5O5S/c25-23(26)36-19-9-7-15(8-10-19)29-24-30(14-17-4-1-2-11-27-17)22(33)20(37-24)13-21(32)28-16-5-3-6-18(12-16)31(34)35/h1-12,20,23H,13-14H2,(H,28,32)/t20-/m1/s1. The van der Waals surface area contributed by atoms with Gasteiger partial charge in [0.2, 0.25) is 11.8 Å². The number of rotatable bonds is 9. The number of ether oxygens (including phenoxy) is 1. The lowest BCUT2D eigenvalue weighted by atomic mass is 10.2. The van der Waals surface area contributed by atoms with E-state index in [-0.39, 0.29) is 36.0 Å². The van der Waals surface area contributed by atoms with E-state index in [1.165, 1.54) is 53.4 Å². The first-order valence-corrected chi connectivity index (χ1v) is 11.7. The van der Waals surface area contributed by atoms with Crippen LogP contribution in [0.2, 0.25) is 0 Å². The average Bonchev–Trinajstić information content (AvgIpc) is 3.14. The number of halogens is 2. The number of aromatic nitrogens is 1. The molecule has 0 radical (unpaired) electrons. The zero-order chi connectivity index (χ0) is 26.4. The summed E-state index contributed by atoms with van der Waals surface area (Å²) >= 11 is 1.08. The molecule has 0 unspecified atom stereocenters. The van der Waals surface area contributed by atoms with E-state index in [4.69, 9.17) is 0 Å². The third-order valence-electron chi connectivity index (χ3n) is 5.06. The molecule has 2 amide bonds. The Kier molecular flexibility index (Phi) is 8.03. The molecule has 37 heavy (non-hydrogen) atoms. The van der Waals surface area contributed by atoms with E-state index >= 15 is 0 Å². The van der Waals surface area contributed by atoms with Gasteiger partial charge in [-0.3, -0.25) is 29.6 Å². The van der Waals surface area contributed by atoms with E-state index in [1.807, 2.05) is 0 Å². The first kappa shape index (κ1) is 25.7. The summed E-state index contributed by atoms with van der Waals surface area (Å²) in [6.07, 6.45) is 1.39. The molecular weight excluding hydrogens is 508 g/mol. The van der Waals surface area contributed by atoms with Gasteiger partial charge in [0.15, 0.2) is 5.17 Å². The Morgan fingerprint density at radius 1 is 1.19 bits per heavy atom. The highest BCUT2D eigenvalue weighted by Crippen LogP contribution is 2.33. The zero-order valence-electron chi connectivity index (χ0n) is 19.0. The van der Waals surface area contributed by atoms with Crippen molar-refractivity contribution in [3.05, 3.63) is 88.7 Å². The summed E-state index contributed by atoms with van der Waals surface area (Å²) in [5, 5.41) is 13.1. The van der Waals surface area contributed by atoms with E-state index in [0.29, 0.717) is 16.5 Å². The molecule has 1 atom stereocenters. The molecule has 0 saturated carbocycles. The predicted molar refractivity (Wildman–Crippen MR) is 133 cm³/mol. The zero-order valence-corrected chi connectivity index (χ0v) is 19.8. The Morgan fingerprint density at radius 2 is 1.97 bits per heavy atom. The highest BCUT2D eigenvalue weighted by Gasteiger charge is 2.39. The molecular formula is C24H19F2N5O5S. The minimum atomic E-state index is -2.96. The number of nitro benzene ring substituents is 1. The molecule has 3 aromatic rings. The van der Waals surface area contributed by atoms with Crippen LogP contribution < -0.4 is 10.1 Å². The van der Waals surface area contributed by atoms with Crippen LogP contribution in [0.4, 0.5) is 25.8 Å². The first-order chi connectivity index (χ1) is 17.8. The second-order valence-electron chi connectivity index (χ2n) is 7.68. The van der Waals surface area contributed by atoms with Crippen LogP contribution in [0.3, 0.4) is 0 Å². The molecule has 1 N–H and O–H groups in total. The van der Waals surface area contributed by atoms with E-state index < -0.39 is 22.7 Å². The van der Waals surface area contributed by atoms with E-state index in [1.54, 1.807) is 24.4 Å². The van der Waals surface area contributed by atoms with Crippen molar-refractivity contribution < 1.29 is 28.0 Å². The number of nitrogens with one attached hydrogen (secondary N) is 1. The minimum Gasteiger partial charge on any atom is -0.435 e. The van der Waals surface area contributed by atoms with Gasteiger partial charge in [0, 0.05) is 30.4 Å². The number of nitrogens with zero attached hydrogens (tertiary/aromatic N) is 4. The summed E-state index contributed by atoms with van der Waals surface area (Å²) < 4.78 is 29.2. The Hall–Kier alpha value is -4.39. The number of pyridine rings is 1. The number of carbonyl (C=O) groups excluding carboxylic acids is 2. The number of nitro groups is 1. The van der Waals surface area contributed by atoms with E-state index in [9.17, 15) is 28.5 Å². The van der Waals surface area contributed by atoms with Crippen molar-refractivity contribution in [2.75, 3.05) is 5.32 Å². The van der Waals surface area contributed by atoms with Crippen molar-refractivity contribution in [2.45, 2.75) is 24.8 Å². The van der Waals surface area contributed by atoms with Gasteiger partial charge in [-0.15, -0.1) is 0 Å². The molecule has 10 nitrogen and oxygen atoms in total. The van der Waals surface area contributed by atoms with Gasteiger partial charge in [0.1, 0.15) is 11.0 Å². The lowest BCUT2D eigenvalue weighted by molar-refractivity contribution is -0.384. The molecule has 1 aliphatic heterocycles. The molecule has 0 spiro atoms. The van der Waals surface area contributed by atoms with Gasteiger partial charge >= 0.3 is 6.61 Å². The van der Waals surface area contributed by atoms with Gasteiger partial charge in [0.05, 0.1) is 22.8 Å². The quantitative estimate of drug-likeness (QED) is 0.314. The Morgan fingerprint density at radius 3 is 2.65 bits per heavy atom. The number of thioether (sulfide) groups is 1. The number of hydrogen-bond donors (Lipinski definition) is 1. The highest BCUT2D eigenvalue weighted by molar-refractivity contribution is 8.15. The number of hydrogen-bond acceptors (Lipinski definition) is 8. The van der Waals surface area contributed by atoms with Gasteiger partial charge in [-0.25, -0.2) is 4.99 Å².